The van der Waals surface area contributed by atoms with Crippen molar-refractivity contribution < 1.29 is 8.78 Å². The highest BCUT2D eigenvalue weighted by atomic mass is 28.2. The molecule has 4 heteroatoms. The average Bonchev–Trinajstić information content (AvgIpc) is 1.63. The Balaban J connectivity index is 3.29. The quantitative estimate of drug-likeness (QED) is 0.551. The van der Waals surface area contributed by atoms with Crippen molar-refractivity contribution in [3.63, 3.8) is 0 Å². The first kappa shape index (κ1) is 8.57. The van der Waals surface area contributed by atoms with E-state index in [1.807, 2.05) is 6.07 Å². The first-order valence-electron chi connectivity index (χ1n) is 2.82. The summed E-state index contributed by atoms with van der Waals surface area (Å²) in [6.45, 7) is 1.71. The highest BCUT2D eigenvalue weighted by Gasteiger charge is 2.09. The molecule has 0 spiro atoms. The maximum Gasteiger partial charge on any atom is 0.214 e. The fourth-order valence-corrected chi connectivity index (χ4v) is 1.45. The van der Waals surface area contributed by atoms with Gasteiger partial charge in [0.2, 0.25) is 6.05 Å². The van der Waals surface area contributed by atoms with Gasteiger partial charge in [0.05, 0.1) is 6.07 Å². The Hall–Kier alpha value is -0.433. The number of hydrogen-bond acceptors (Lipinski definition) is 1. The first-order valence-corrected chi connectivity index (χ1v) is 4.45. The van der Waals surface area contributed by atoms with Gasteiger partial charge in [0.15, 0.2) is 0 Å². The van der Waals surface area contributed by atoms with Crippen molar-refractivity contribution in [1.29, 1.82) is 5.26 Å². The molecule has 0 heterocycles. The predicted molar refractivity (Wildman–Crippen MR) is 34.2 cm³/mol. The Morgan fingerprint density at radius 1 is 1.67 bits per heavy atom. The van der Waals surface area contributed by atoms with Gasteiger partial charge in [-0.2, -0.15) is 5.26 Å². The Labute approximate surface area is 55.5 Å². The van der Waals surface area contributed by atoms with Gasteiger partial charge in [-0.1, -0.05) is 6.92 Å². The third-order valence-electron chi connectivity index (χ3n) is 1.02. The van der Waals surface area contributed by atoms with Crippen LogP contribution in [0.3, 0.4) is 0 Å². The number of alkyl halides is 2. The van der Waals surface area contributed by atoms with Crippen LogP contribution in [0.25, 0.3) is 0 Å². The molecular formula is C5H9F2NSi. The van der Waals surface area contributed by atoms with Crippen LogP contribution in [0.1, 0.15) is 13.3 Å². The van der Waals surface area contributed by atoms with Gasteiger partial charge >= 0.3 is 0 Å². The molecule has 0 rings (SSSR count). The van der Waals surface area contributed by atoms with Crippen LogP contribution in [0.15, 0.2) is 0 Å². The zero-order valence-electron chi connectivity index (χ0n) is 5.27. The Morgan fingerprint density at radius 3 is 2.56 bits per heavy atom. The molecule has 0 aliphatic heterocycles. The minimum Gasteiger partial charge on any atom is -0.216 e. The summed E-state index contributed by atoms with van der Waals surface area (Å²) in [5.74, 6) is 0. The molecule has 0 saturated heterocycles. The van der Waals surface area contributed by atoms with Crippen LogP contribution in [-0.4, -0.2) is 15.6 Å². The summed E-state index contributed by atoms with van der Waals surface area (Å²) >= 11 is 0. The summed E-state index contributed by atoms with van der Waals surface area (Å²) in [6.07, 6.45) is 0.288. The van der Waals surface area contributed by atoms with E-state index in [9.17, 15) is 8.78 Å². The summed E-state index contributed by atoms with van der Waals surface area (Å²) in [5.41, 5.74) is -0.0324. The third kappa shape index (κ3) is 5.44. The molecule has 1 nitrogen and oxygen atoms in total. The van der Waals surface area contributed by atoms with Gasteiger partial charge in [0.1, 0.15) is 9.52 Å². The van der Waals surface area contributed by atoms with Crippen molar-refractivity contribution in [3.8, 4) is 6.07 Å². The van der Waals surface area contributed by atoms with Crippen molar-refractivity contribution in [1.82, 2.24) is 0 Å². The molecule has 1 unspecified atom stereocenters. The number of hydrogen-bond donors (Lipinski definition) is 0. The summed E-state index contributed by atoms with van der Waals surface area (Å²) in [4.78, 5) is 0. The van der Waals surface area contributed by atoms with Crippen LogP contribution in [0.4, 0.5) is 8.78 Å². The zero-order chi connectivity index (χ0) is 7.28. The normalized spacial score (nSPS) is 14.6. The van der Waals surface area contributed by atoms with Crippen molar-refractivity contribution in [2.24, 2.45) is 0 Å². The largest absolute Gasteiger partial charge is 0.216 e. The highest BCUT2D eigenvalue weighted by Crippen LogP contribution is 2.09. The number of rotatable bonds is 3. The molecule has 9 heavy (non-hydrogen) atoms. The number of nitrogens with zero attached hydrogens (tertiary/aromatic N) is 1. The molecule has 0 amide bonds. The van der Waals surface area contributed by atoms with Crippen LogP contribution >= 0.6 is 0 Å². The molecule has 0 N–H and O–H groups in total. The van der Waals surface area contributed by atoms with Crippen molar-refractivity contribution in [2.45, 2.75) is 24.9 Å². The predicted octanol–water partition coefficient (Wildman–Crippen LogP) is 1.10. The lowest BCUT2D eigenvalue weighted by Gasteiger charge is -2.02. The SMILES string of the molecule is CC(CC#N)[SiH2]C(F)F. The zero-order valence-corrected chi connectivity index (χ0v) is 6.69. The van der Waals surface area contributed by atoms with E-state index in [-0.39, 0.29) is 12.0 Å². The maximum atomic E-state index is 11.6. The van der Waals surface area contributed by atoms with E-state index >= 15 is 0 Å². The van der Waals surface area contributed by atoms with Crippen LogP contribution in [0.5, 0.6) is 0 Å². The number of nitriles is 1. The second kappa shape index (κ2) is 4.45. The van der Waals surface area contributed by atoms with Crippen LogP contribution < -0.4 is 0 Å². The minimum atomic E-state index is -2.13. The van der Waals surface area contributed by atoms with Gasteiger partial charge in [-0.05, 0) is 5.54 Å². The molecule has 0 radical (unpaired) electrons. The molecular weight excluding hydrogens is 140 g/mol. The lowest BCUT2D eigenvalue weighted by Crippen LogP contribution is -2.09. The Kier molecular flexibility index (Phi) is 4.23. The average molecular weight is 149 g/mol. The fourth-order valence-electron chi connectivity index (χ4n) is 0.543. The van der Waals surface area contributed by atoms with Gasteiger partial charge in [0, 0.05) is 6.42 Å². The van der Waals surface area contributed by atoms with Crippen molar-refractivity contribution in [2.75, 3.05) is 0 Å². The molecule has 0 aliphatic carbocycles. The standard InChI is InChI=1S/C5H9F2NSi/c1-4(2-3-8)9-5(6)7/h4-5H,2,9H2,1H3. The second-order valence-corrected chi connectivity index (χ2v) is 4.58. The fraction of sp³-hybridized carbons (Fsp3) is 0.800. The van der Waals surface area contributed by atoms with E-state index in [2.05, 4.69) is 0 Å². The van der Waals surface area contributed by atoms with E-state index in [0.717, 1.165) is 0 Å². The van der Waals surface area contributed by atoms with Crippen LogP contribution in [-0.2, 0) is 0 Å². The monoisotopic (exact) mass is 149 g/mol. The molecule has 52 valence electrons. The third-order valence-corrected chi connectivity index (χ3v) is 2.47. The van der Waals surface area contributed by atoms with E-state index in [4.69, 9.17) is 5.26 Å². The number of halogens is 2. The minimum absolute atomic E-state index is 0.0324. The van der Waals surface area contributed by atoms with Gasteiger partial charge < -0.3 is 0 Å². The summed E-state index contributed by atoms with van der Waals surface area (Å²) in [6, 6.07) is -0.257. The topological polar surface area (TPSA) is 23.8 Å². The Bertz CT molecular complexity index is 110. The maximum absolute atomic E-state index is 11.6. The molecule has 0 fully saturated rings. The molecule has 0 saturated carbocycles. The molecule has 0 aromatic rings. The van der Waals surface area contributed by atoms with E-state index in [0.29, 0.717) is 0 Å². The van der Waals surface area contributed by atoms with Gasteiger partial charge in [-0.3, -0.25) is 0 Å². The van der Waals surface area contributed by atoms with Gasteiger partial charge in [-0.25, -0.2) is 8.78 Å². The lowest BCUT2D eigenvalue weighted by atomic mass is 10.4. The second-order valence-electron chi connectivity index (χ2n) is 2.09. The Morgan fingerprint density at radius 2 is 2.22 bits per heavy atom. The van der Waals surface area contributed by atoms with E-state index in [1.54, 1.807) is 6.92 Å². The van der Waals surface area contributed by atoms with Gasteiger partial charge in [-0.15, -0.1) is 0 Å². The molecule has 0 aliphatic rings. The smallest absolute Gasteiger partial charge is 0.214 e. The summed E-state index contributed by atoms with van der Waals surface area (Å²) in [7, 11) is -1.30. The lowest BCUT2D eigenvalue weighted by molar-refractivity contribution is 0.236. The first-order chi connectivity index (χ1) is 4.16. The summed E-state index contributed by atoms with van der Waals surface area (Å²) < 4.78 is 23.1. The van der Waals surface area contributed by atoms with Crippen molar-refractivity contribution >= 4 is 9.52 Å². The van der Waals surface area contributed by atoms with Crippen molar-refractivity contribution in [3.05, 3.63) is 0 Å². The van der Waals surface area contributed by atoms with Crippen LogP contribution in [0, 0.1) is 11.3 Å². The summed E-state index contributed by atoms with van der Waals surface area (Å²) in [5, 5.41) is 8.08. The van der Waals surface area contributed by atoms with Gasteiger partial charge in [0.25, 0.3) is 0 Å². The van der Waals surface area contributed by atoms with E-state index in [1.165, 1.54) is 0 Å². The molecule has 1 atom stereocenters. The highest BCUT2D eigenvalue weighted by molar-refractivity contribution is 6.38. The van der Waals surface area contributed by atoms with Crippen LogP contribution in [0.2, 0.25) is 5.54 Å². The molecule has 0 aromatic heterocycles. The molecule has 0 bridgehead atoms. The van der Waals surface area contributed by atoms with E-state index < -0.39 is 15.6 Å². The molecule has 0 aromatic carbocycles.